The van der Waals surface area contributed by atoms with Crippen LogP contribution < -0.4 is 5.32 Å². The van der Waals surface area contributed by atoms with Crippen molar-refractivity contribution in [2.45, 2.75) is 44.2 Å². The summed E-state index contributed by atoms with van der Waals surface area (Å²) < 4.78 is 1.81. The third-order valence-electron chi connectivity index (χ3n) is 5.55. The van der Waals surface area contributed by atoms with E-state index in [0.717, 1.165) is 11.6 Å². The van der Waals surface area contributed by atoms with Crippen molar-refractivity contribution in [3.8, 4) is 11.5 Å². The van der Waals surface area contributed by atoms with Crippen LogP contribution in [0.5, 0.6) is 0 Å². The van der Waals surface area contributed by atoms with Crippen molar-refractivity contribution < 1.29 is 4.79 Å². The topological polar surface area (TPSA) is 72.7 Å². The number of aromatic nitrogens is 4. The van der Waals surface area contributed by atoms with Crippen molar-refractivity contribution in [3.63, 3.8) is 0 Å². The van der Waals surface area contributed by atoms with Gasteiger partial charge < -0.3 is 9.88 Å². The molecule has 4 fully saturated rings. The van der Waals surface area contributed by atoms with Gasteiger partial charge in [0, 0.05) is 11.7 Å². The minimum absolute atomic E-state index is 0.0691. The lowest BCUT2D eigenvalue weighted by atomic mass is 9.37. The molecular formula is C15H17N5O. The van der Waals surface area contributed by atoms with Crippen LogP contribution in [0.15, 0.2) is 18.3 Å². The quantitative estimate of drug-likeness (QED) is 0.916. The van der Waals surface area contributed by atoms with E-state index in [1.165, 1.54) is 32.1 Å². The Balaban J connectivity index is 1.26. The zero-order valence-electron chi connectivity index (χ0n) is 11.7. The van der Waals surface area contributed by atoms with E-state index in [2.05, 4.69) is 20.7 Å². The molecule has 0 aromatic carbocycles. The van der Waals surface area contributed by atoms with Crippen molar-refractivity contribution in [2.24, 2.45) is 11.3 Å². The molecule has 108 valence electrons. The summed E-state index contributed by atoms with van der Waals surface area (Å²) in [6, 6.07) is 3.72. The molecule has 0 aromatic rings. The SMILES string of the molecule is O=C(Cn1cccc2nnnc1-2)NC12CC(C3CC3)(C1)C2. The molecule has 4 aliphatic carbocycles. The van der Waals surface area contributed by atoms with Gasteiger partial charge in [0.2, 0.25) is 5.91 Å². The summed E-state index contributed by atoms with van der Waals surface area (Å²) >= 11 is 0. The molecule has 6 rings (SSSR count). The molecule has 0 unspecified atom stereocenters. The maximum Gasteiger partial charge on any atom is 0.240 e. The maximum absolute atomic E-state index is 12.3. The van der Waals surface area contributed by atoms with Crippen molar-refractivity contribution >= 4 is 5.91 Å². The minimum Gasteiger partial charge on any atom is -0.349 e. The molecule has 0 atom stereocenters. The first-order valence-electron chi connectivity index (χ1n) is 7.63. The Morgan fingerprint density at radius 3 is 2.90 bits per heavy atom. The normalized spacial score (nSPS) is 33.3. The van der Waals surface area contributed by atoms with Gasteiger partial charge in [-0.2, -0.15) is 0 Å². The van der Waals surface area contributed by atoms with Gasteiger partial charge in [-0.25, -0.2) is 0 Å². The van der Waals surface area contributed by atoms with E-state index in [4.69, 9.17) is 0 Å². The lowest BCUT2D eigenvalue weighted by Crippen LogP contribution is -2.75. The Morgan fingerprint density at radius 1 is 1.33 bits per heavy atom. The van der Waals surface area contributed by atoms with E-state index >= 15 is 0 Å². The van der Waals surface area contributed by atoms with Crippen LogP contribution in [-0.2, 0) is 11.3 Å². The third-order valence-corrected chi connectivity index (χ3v) is 5.55. The van der Waals surface area contributed by atoms with Crippen LogP contribution in [0.25, 0.3) is 11.5 Å². The fraction of sp³-hybridized carbons (Fsp3) is 0.600. The van der Waals surface area contributed by atoms with Gasteiger partial charge in [-0.15, -0.1) is 10.2 Å². The number of fused-ring (bicyclic) bond motifs is 1. The highest BCUT2D eigenvalue weighted by molar-refractivity contribution is 5.78. The van der Waals surface area contributed by atoms with E-state index < -0.39 is 0 Å². The van der Waals surface area contributed by atoms with Gasteiger partial charge in [-0.05, 0) is 60.8 Å². The first-order chi connectivity index (χ1) is 10.2. The average molecular weight is 283 g/mol. The maximum atomic E-state index is 12.3. The molecule has 1 N–H and O–H groups in total. The standard InChI is InChI=1S/C15H17N5O/c21-12(6-20-5-1-2-11-13(20)18-19-17-11)16-15-7-14(8-15,9-15)10-3-4-10/h1-2,5,10H,3-4,6-9H2,(H,16,21). The molecule has 0 saturated heterocycles. The van der Waals surface area contributed by atoms with E-state index in [-0.39, 0.29) is 18.0 Å². The van der Waals surface area contributed by atoms with E-state index in [0.29, 0.717) is 11.2 Å². The Hall–Kier alpha value is -1.98. The Bertz CT molecular complexity index is 684. The van der Waals surface area contributed by atoms with Crippen LogP contribution in [0.2, 0.25) is 0 Å². The summed E-state index contributed by atoms with van der Waals surface area (Å²) in [6.07, 6.45) is 8.26. The molecule has 0 spiro atoms. The molecule has 0 radical (unpaired) electrons. The van der Waals surface area contributed by atoms with Gasteiger partial charge in [0.15, 0.2) is 5.82 Å². The summed E-state index contributed by atoms with van der Waals surface area (Å²) in [5, 5.41) is 14.8. The van der Waals surface area contributed by atoms with Crippen molar-refractivity contribution in [2.75, 3.05) is 0 Å². The second-order valence-corrected chi connectivity index (χ2v) is 7.13. The highest BCUT2D eigenvalue weighted by Gasteiger charge is 2.72. The van der Waals surface area contributed by atoms with Gasteiger partial charge in [-0.3, -0.25) is 4.79 Å². The van der Waals surface area contributed by atoms with Gasteiger partial charge in [0.25, 0.3) is 0 Å². The zero-order chi connectivity index (χ0) is 14.1. The van der Waals surface area contributed by atoms with Crippen molar-refractivity contribution in [1.82, 2.24) is 25.3 Å². The van der Waals surface area contributed by atoms with Gasteiger partial charge >= 0.3 is 0 Å². The summed E-state index contributed by atoms with van der Waals surface area (Å²) in [5.74, 6) is 1.70. The smallest absolute Gasteiger partial charge is 0.240 e. The van der Waals surface area contributed by atoms with Crippen LogP contribution in [-0.4, -0.2) is 31.4 Å². The van der Waals surface area contributed by atoms with Crippen LogP contribution in [0.3, 0.4) is 0 Å². The van der Waals surface area contributed by atoms with Gasteiger partial charge in [-0.1, -0.05) is 0 Å². The largest absolute Gasteiger partial charge is 0.349 e. The summed E-state index contributed by atoms with van der Waals surface area (Å²) in [6.45, 7) is 0.288. The fourth-order valence-electron chi connectivity index (χ4n) is 4.58. The zero-order valence-corrected chi connectivity index (χ0v) is 11.7. The molecule has 21 heavy (non-hydrogen) atoms. The molecule has 6 aliphatic rings. The first kappa shape index (κ1) is 11.7. The number of hydrogen-bond acceptors (Lipinski definition) is 4. The molecular weight excluding hydrogens is 266 g/mol. The Kier molecular flexibility index (Phi) is 2.00. The van der Waals surface area contributed by atoms with Gasteiger partial charge in [0.1, 0.15) is 12.2 Å². The number of nitrogens with one attached hydrogen (secondary N) is 1. The molecule has 0 aromatic heterocycles. The second kappa shape index (κ2) is 3.61. The predicted octanol–water partition coefficient (Wildman–Crippen LogP) is 1.23. The molecule has 2 heterocycles. The average Bonchev–Trinajstić information content (AvgIpc) is 3.09. The van der Waals surface area contributed by atoms with Crippen LogP contribution >= 0.6 is 0 Å². The van der Waals surface area contributed by atoms with E-state index in [9.17, 15) is 4.79 Å². The van der Waals surface area contributed by atoms with Crippen molar-refractivity contribution in [3.05, 3.63) is 18.3 Å². The first-order valence-corrected chi connectivity index (χ1v) is 7.63. The van der Waals surface area contributed by atoms with E-state index in [1.807, 2.05) is 22.9 Å². The molecule has 2 aliphatic heterocycles. The lowest BCUT2D eigenvalue weighted by Gasteiger charge is -2.71. The second-order valence-electron chi connectivity index (χ2n) is 7.13. The molecule has 2 bridgehead atoms. The lowest BCUT2D eigenvalue weighted by molar-refractivity contribution is -0.176. The number of carbonyl (C=O) groups is 1. The van der Waals surface area contributed by atoms with E-state index in [1.54, 1.807) is 0 Å². The Labute approximate surface area is 122 Å². The number of carbonyl (C=O) groups excluding carboxylic acids is 1. The fourth-order valence-corrected chi connectivity index (χ4v) is 4.58. The number of pyridine rings is 1. The molecule has 6 heteroatoms. The number of amides is 1. The van der Waals surface area contributed by atoms with Crippen molar-refractivity contribution in [1.29, 1.82) is 0 Å². The van der Waals surface area contributed by atoms with Crippen LogP contribution in [0.4, 0.5) is 0 Å². The van der Waals surface area contributed by atoms with Crippen LogP contribution in [0.1, 0.15) is 32.1 Å². The highest BCUT2D eigenvalue weighted by Crippen LogP contribution is 2.75. The number of hydrogen-bond donors (Lipinski definition) is 1. The Morgan fingerprint density at radius 2 is 2.14 bits per heavy atom. The predicted molar refractivity (Wildman–Crippen MR) is 74.3 cm³/mol. The highest BCUT2D eigenvalue weighted by atomic mass is 16.2. The summed E-state index contributed by atoms with van der Waals surface area (Å²) in [5.41, 5.74) is 1.45. The molecule has 6 nitrogen and oxygen atoms in total. The molecule has 4 saturated carbocycles. The van der Waals surface area contributed by atoms with Crippen LogP contribution in [0, 0.1) is 11.3 Å². The van der Waals surface area contributed by atoms with Gasteiger partial charge in [0.05, 0.1) is 0 Å². The number of nitrogens with zero attached hydrogens (tertiary/aromatic N) is 4. The summed E-state index contributed by atoms with van der Waals surface area (Å²) in [4.78, 5) is 12.3. The third kappa shape index (κ3) is 1.58. The molecule has 1 amide bonds. The number of rotatable bonds is 4. The monoisotopic (exact) mass is 283 g/mol. The minimum atomic E-state index is 0.0691. The summed E-state index contributed by atoms with van der Waals surface area (Å²) in [7, 11) is 0.